The second-order valence-corrected chi connectivity index (χ2v) is 6.25. The van der Waals surface area contributed by atoms with Gasteiger partial charge in [0.25, 0.3) is 5.91 Å². The highest BCUT2D eigenvalue weighted by molar-refractivity contribution is 5.92. The zero-order valence-corrected chi connectivity index (χ0v) is 12.7. The van der Waals surface area contributed by atoms with Crippen LogP contribution in [0.1, 0.15) is 39.5 Å². The van der Waals surface area contributed by atoms with Crippen LogP contribution in [0.25, 0.3) is 0 Å². The molecule has 0 bridgehead atoms. The van der Waals surface area contributed by atoms with Gasteiger partial charge in [0.1, 0.15) is 0 Å². The molecule has 120 valence electrons. The highest BCUT2D eigenvalue weighted by Gasteiger charge is 2.51. The van der Waals surface area contributed by atoms with Gasteiger partial charge in [-0.2, -0.15) is 0 Å². The summed E-state index contributed by atoms with van der Waals surface area (Å²) in [5.74, 6) is -0.257. The molecule has 2 N–H and O–H groups in total. The number of hydrogen-bond donors (Lipinski definition) is 2. The lowest BCUT2D eigenvalue weighted by Crippen LogP contribution is -2.42. The zero-order chi connectivity index (χ0) is 15.4. The number of epoxide rings is 1. The monoisotopic (exact) mass is 299 g/mol. The van der Waals surface area contributed by atoms with Crippen molar-refractivity contribution in [2.24, 2.45) is 11.8 Å². The van der Waals surface area contributed by atoms with Crippen LogP contribution in [0.3, 0.4) is 0 Å². The second kappa shape index (κ2) is 7.22. The molecule has 1 saturated carbocycles. The number of nitrogens with one attached hydrogen (secondary N) is 1. The van der Waals surface area contributed by atoms with Gasteiger partial charge in [0.2, 0.25) is 0 Å². The normalized spacial score (nSPS) is 27.0. The van der Waals surface area contributed by atoms with Crippen molar-refractivity contribution in [3.05, 3.63) is 0 Å². The first-order valence-corrected chi connectivity index (χ1v) is 7.77. The van der Waals surface area contributed by atoms with E-state index in [0.29, 0.717) is 18.4 Å². The minimum absolute atomic E-state index is 0.0788. The average molecular weight is 299 g/mol. The summed E-state index contributed by atoms with van der Waals surface area (Å²) in [5.41, 5.74) is 0. The van der Waals surface area contributed by atoms with E-state index in [1.54, 1.807) is 0 Å². The molecule has 0 radical (unpaired) electrons. The fraction of sp³-hybridized carbons (Fsp3) is 0.867. The molecular formula is C15H25NO5. The van der Waals surface area contributed by atoms with Gasteiger partial charge in [-0.1, -0.05) is 20.3 Å². The van der Waals surface area contributed by atoms with Gasteiger partial charge in [0.05, 0.1) is 12.6 Å². The van der Waals surface area contributed by atoms with Crippen molar-refractivity contribution < 1.29 is 24.2 Å². The lowest BCUT2D eigenvalue weighted by atomic mass is 9.99. The first-order chi connectivity index (χ1) is 10.0. The summed E-state index contributed by atoms with van der Waals surface area (Å²) in [4.78, 5) is 22.7. The molecule has 4 atom stereocenters. The SMILES string of the molecule is CCC(C)C[C@@H](COCC1CC1)NC(=O)[C@H]1O[C@@H]1C(=O)O. The van der Waals surface area contributed by atoms with Crippen molar-refractivity contribution in [2.75, 3.05) is 13.2 Å². The molecule has 2 rings (SSSR count). The van der Waals surface area contributed by atoms with Crippen molar-refractivity contribution >= 4 is 11.9 Å². The van der Waals surface area contributed by atoms with Crippen LogP contribution in [-0.4, -0.2) is 48.4 Å². The van der Waals surface area contributed by atoms with Crippen LogP contribution in [0.5, 0.6) is 0 Å². The summed E-state index contributed by atoms with van der Waals surface area (Å²) in [5, 5.41) is 11.6. The number of hydrogen-bond acceptors (Lipinski definition) is 4. The Morgan fingerprint density at radius 1 is 1.38 bits per heavy atom. The summed E-state index contributed by atoms with van der Waals surface area (Å²) in [6.07, 6.45) is 2.51. The van der Waals surface area contributed by atoms with Crippen molar-refractivity contribution in [1.82, 2.24) is 5.32 Å². The molecule has 0 aromatic rings. The van der Waals surface area contributed by atoms with E-state index < -0.39 is 18.2 Å². The van der Waals surface area contributed by atoms with Crippen molar-refractivity contribution in [3.8, 4) is 0 Å². The molecule has 0 spiro atoms. The smallest absolute Gasteiger partial charge is 0.336 e. The standard InChI is InChI=1S/C15H25NO5/c1-3-9(2)6-11(8-20-7-10-4-5-10)16-14(17)12-13(21-12)15(18)19/h9-13H,3-8H2,1-2H3,(H,16,17)(H,18,19)/t9?,11-,12-,13-/m0/s1. The van der Waals surface area contributed by atoms with Crippen molar-refractivity contribution in [1.29, 1.82) is 0 Å². The van der Waals surface area contributed by atoms with E-state index in [4.69, 9.17) is 14.6 Å². The average Bonchev–Trinajstić information content (AvgIpc) is 3.30. The first kappa shape index (κ1) is 16.2. The molecule has 1 heterocycles. The number of ether oxygens (including phenoxy) is 2. The number of carbonyl (C=O) groups excluding carboxylic acids is 1. The molecule has 6 nitrogen and oxygen atoms in total. The van der Waals surface area contributed by atoms with Gasteiger partial charge in [0, 0.05) is 6.61 Å². The van der Waals surface area contributed by atoms with Gasteiger partial charge in [-0.15, -0.1) is 0 Å². The third-order valence-corrected chi connectivity index (χ3v) is 4.09. The van der Waals surface area contributed by atoms with Crippen molar-refractivity contribution in [2.45, 2.75) is 57.8 Å². The molecule has 1 saturated heterocycles. The predicted molar refractivity (Wildman–Crippen MR) is 75.8 cm³/mol. The summed E-state index contributed by atoms with van der Waals surface area (Å²) >= 11 is 0. The topological polar surface area (TPSA) is 88.2 Å². The summed E-state index contributed by atoms with van der Waals surface area (Å²) in [7, 11) is 0. The zero-order valence-electron chi connectivity index (χ0n) is 12.7. The molecule has 2 aliphatic rings. The predicted octanol–water partition coefficient (Wildman–Crippen LogP) is 1.19. The summed E-state index contributed by atoms with van der Waals surface area (Å²) in [6, 6.07) is -0.0788. The van der Waals surface area contributed by atoms with E-state index in [2.05, 4.69) is 19.2 Å². The van der Waals surface area contributed by atoms with Crippen LogP contribution in [0.15, 0.2) is 0 Å². The van der Waals surface area contributed by atoms with Gasteiger partial charge in [0.15, 0.2) is 12.2 Å². The number of carboxylic acid groups (broad SMARTS) is 1. The fourth-order valence-electron chi connectivity index (χ4n) is 2.27. The van der Waals surface area contributed by atoms with Crippen molar-refractivity contribution in [3.63, 3.8) is 0 Å². The minimum Gasteiger partial charge on any atom is -0.479 e. The third kappa shape index (κ3) is 5.28. The molecule has 0 aromatic carbocycles. The van der Waals surface area contributed by atoms with Gasteiger partial charge in [-0.25, -0.2) is 4.79 Å². The molecule has 1 aliphatic heterocycles. The number of rotatable bonds is 10. The van der Waals surface area contributed by atoms with Gasteiger partial charge < -0.3 is 19.9 Å². The number of carboxylic acids is 1. The van der Waals surface area contributed by atoms with E-state index in [-0.39, 0.29) is 11.9 Å². The van der Waals surface area contributed by atoms with Crippen LogP contribution in [0.2, 0.25) is 0 Å². The quantitative estimate of drug-likeness (QED) is 0.592. The molecule has 1 amide bonds. The minimum atomic E-state index is -1.08. The Labute approximate surface area is 125 Å². The van der Waals surface area contributed by atoms with Crippen LogP contribution in [0, 0.1) is 11.8 Å². The Morgan fingerprint density at radius 2 is 2.10 bits per heavy atom. The fourth-order valence-corrected chi connectivity index (χ4v) is 2.27. The molecule has 2 fully saturated rings. The van der Waals surface area contributed by atoms with E-state index in [1.165, 1.54) is 12.8 Å². The maximum Gasteiger partial charge on any atom is 0.336 e. The molecule has 1 unspecified atom stereocenters. The summed E-state index contributed by atoms with van der Waals surface area (Å²) in [6.45, 7) is 5.48. The Balaban J connectivity index is 1.76. The van der Waals surface area contributed by atoms with E-state index in [1.807, 2.05) is 0 Å². The maximum atomic E-state index is 12.0. The van der Waals surface area contributed by atoms with Crippen LogP contribution in [-0.2, 0) is 19.1 Å². The number of aliphatic carboxylic acids is 1. The lowest BCUT2D eigenvalue weighted by Gasteiger charge is -2.21. The maximum absolute atomic E-state index is 12.0. The largest absolute Gasteiger partial charge is 0.479 e. The summed E-state index contributed by atoms with van der Waals surface area (Å²) < 4.78 is 10.5. The van der Waals surface area contributed by atoms with E-state index in [0.717, 1.165) is 19.4 Å². The van der Waals surface area contributed by atoms with E-state index >= 15 is 0 Å². The van der Waals surface area contributed by atoms with Gasteiger partial charge in [-0.05, 0) is 31.1 Å². The lowest BCUT2D eigenvalue weighted by molar-refractivity contribution is -0.138. The van der Waals surface area contributed by atoms with Crippen LogP contribution < -0.4 is 5.32 Å². The number of amides is 1. The van der Waals surface area contributed by atoms with Crippen LogP contribution in [0.4, 0.5) is 0 Å². The number of carbonyl (C=O) groups is 2. The molecule has 21 heavy (non-hydrogen) atoms. The Hall–Kier alpha value is -1.14. The molecule has 6 heteroatoms. The van der Waals surface area contributed by atoms with Gasteiger partial charge >= 0.3 is 5.97 Å². The second-order valence-electron chi connectivity index (χ2n) is 6.25. The molecule has 0 aromatic heterocycles. The van der Waals surface area contributed by atoms with Crippen LogP contribution >= 0.6 is 0 Å². The Bertz CT molecular complexity index is 382. The highest BCUT2D eigenvalue weighted by Crippen LogP contribution is 2.29. The first-order valence-electron chi connectivity index (χ1n) is 7.77. The van der Waals surface area contributed by atoms with E-state index in [9.17, 15) is 9.59 Å². The highest BCUT2D eigenvalue weighted by atomic mass is 16.6. The molecule has 1 aliphatic carbocycles. The Morgan fingerprint density at radius 3 is 2.62 bits per heavy atom. The Kier molecular flexibility index (Phi) is 5.58. The van der Waals surface area contributed by atoms with Gasteiger partial charge in [-0.3, -0.25) is 4.79 Å². The molecular weight excluding hydrogens is 274 g/mol. The third-order valence-electron chi connectivity index (χ3n) is 4.09.